The number of rotatable bonds is 4. The number of hydrogen-bond acceptors (Lipinski definition) is 4. The van der Waals surface area contributed by atoms with E-state index in [1.54, 1.807) is 43.5 Å². The van der Waals surface area contributed by atoms with Crippen LogP contribution in [0, 0.1) is 0 Å². The van der Waals surface area contributed by atoms with Gasteiger partial charge in [0, 0.05) is 10.6 Å². The van der Waals surface area contributed by atoms with Crippen molar-refractivity contribution < 1.29 is 9.84 Å². The Bertz CT molecular complexity index is 1490. The maximum absolute atomic E-state index is 13.5. The fourth-order valence-corrected chi connectivity index (χ4v) is 3.99. The SMILES string of the molecule is COc1ccc(-c2c(O)[nH]c3c(-c4cccc(Cl)c4)c(-c4ccccc4)nn3c2=O)cc1. The molecule has 6 nitrogen and oxygen atoms in total. The molecule has 0 amide bonds. The minimum Gasteiger partial charge on any atom is -0.497 e. The third kappa shape index (κ3) is 3.31. The van der Waals surface area contributed by atoms with E-state index in [-0.39, 0.29) is 11.4 Å². The lowest BCUT2D eigenvalue weighted by Gasteiger charge is -2.08. The summed E-state index contributed by atoms with van der Waals surface area (Å²) in [5.74, 6) is 0.412. The molecule has 0 unspecified atom stereocenters. The van der Waals surface area contributed by atoms with Gasteiger partial charge in [0.05, 0.1) is 12.7 Å². The number of nitrogens with one attached hydrogen (secondary N) is 1. The zero-order chi connectivity index (χ0) is 22.2. The molecule has 0 saturated carbocycles. The number of nitrogens with zero attached hydrogens (tertiary/aromatic N) is 2. The first kappa shape index (κ1) is 19.9. The number of H-pyrrole nitrogens is 1. The lowest BCUT2D eigenvalue weighted by atomic mass is 10.0. The van der Waals surface area contributed by atoms with Gasteiger partial charge in [-0.2, -0.15) is 9.61 Å². The Balaban J connectivity index is 1.83. The zero-order valence-corrected chi connectivity index (χ0v) is 17.8. The van der Waals surface area contributed by atoms with Gasteiger partial charge in [-0.25, -0.2) is 0 Å². The van der Waals surface area contributed by atoms with E-state index in [9.17, 15) is 9.90 Å². The Kier molecular flexibility index (Phi) is 4.92. The van der Waals surface area contributed by atoms with E-state index in [0.29, 0.717) is 33.2 Å². The Morgan fingerprint density at radius 2 is 1.62 bits per heavy atom. The van der Waals surface area contributed by atoms with Crippen molar-refractivity contribution in [1.29, 1.82) is 0 Å². The van der Waals surface area contributed by atoms with Crippen LogP contribution in [-0.2, 0) is 0 Å². The largest absolute Gasteiger partial charge is 0.497 e. The first-order chi connectivity index (χ1) is 15.6. The van der Waals surface area contributed by atoms with E-state index in [2.05, 4.69) is 10.1 Å². The average molecular weight is 444 g/mol. The molecule has 0 atom stereocenters. The average Bonchev–Trinajstić information content (AvgIpc) is 3.20. The van der Waals surface area contributed by atoms with Gasteiger partial charge in [0.1, 0.15) is 22.7 Å². The number of ether oxygens (including phenoxy) is 1. The van der Waals surface area contributed by atoms with Crippen LogP contribution in [0.15, 0.2) is 83.7 Å². The molecule has 0 fully saturated rings. The number of fused-ring (bicyclic) bond motifs is 1. The van der Waals surface area contributed by atoms with E-state index in [0.717, 1.165) is 11.1 Å². The zero-order valence-electron chi connectivity index (χ0n) is 17.0. The van der Waals surface area contributed by atoms with Crippen molar-refractivity contribution in [3.63, 3.8) is 0 Å². The van der Waals surface area contributed by atoms with Crippen molar-refractivity contribution in [2.75, 3.05) is 7.11 Å². The van der Waals surface area contributed by atoms with Crippen LogP contribution in [0.1, 0.15) is 0 Å². The molecule has 2 N–H and O–H groups in total. The van der Waals surface area contributed by atoms with Gasteiger partial charge < -0.3 is 14.8 Å². The highest BCUT2D eigenvalue weighted by Crippen LogP contribution is 2.36. The summed E-state index contributed by atoms with van der Waals surface area (Å²) in [6.45, 7) is 0. The smallest absolute Gasteiger partial charge is 0.286 e. The second kappa shape index (κ2) is 7.90. The van der Waals surface area contributed by atoms with E-state index in [1.165, 1.54) is 4.52 Å². The van der Waals surface area contributed by atoms with Gasteiger partial charge in [-0.1, -0.05) is 66.2 Å². The molecule has 0 aliphatic carbocycles. The normalized spacial score (nSPS) is 11.1. The topological polar surface area (TPSA) is 79.6 Å². The van der Waals surface area contributed by atoms with Gasteiger partial charge in [0.15, 0.2) is 0 Å². The fraction of sp³-hybridized carbons (Fsp3) is 0.0400. The number of halogens is 1. The van der Waals surface area contributed by atoms with Gasteiger partial charge >= 0.3 is 0 Å². The lowest BCUT2D eigenvalue weighted by molar-refractivity contribution is 0.415. The Morgan fingerprint density at radius 3 is 2.31 bits per heavy atom. The number of benzene rings is 3. The summed E-state index contributed by atoms with van der Waals surface area (Å²) in [7, 11) is 1.57. The summed E-state index contributed by atoms with van der Waals surface area (Å²) in [6.07, 6.45) is 0. The van der Waals surface area contributed by atoms with Crippen LogP contribution in [-0.4, -0.2) is 26.8 Å². The molecule has 2 heterocycles. The van der Waals surface area contributed by atoms with Crippen LogP contribution in [0.3, 0.4) is 0 Å². The lowest BCUT2D eigenvalue weighted by Crippen LogP contribution is -2.17. The van der Waals surface area contributed by atoms with Crippen LogP contribution in [0.4, 0.5) is 0 Å². The molecule has 0 bridgehead atoms. The number of methoxy groups -OCH3 is 1. The van der Waals surface area contributed by atoms with Gasteiger partial charge in [0.25, 0.3) is 5.56 Å². The van der Waals surface area contributed by atoms with Gasteiger partial charge in [-0.15, -0.1) is 0 Å². The van der Waals surface area contributed by atoms with Crippen molar-refractivity contribution in [1.82, 2.24) is 14.6 Å². The van der Waals surface area contributed by atoms with Gasteiger partial charge in [-0.05, 0) is 35.4 Å². The van der Waals surface area contributed by atoms with Gasteiger partial charge in [0.2, 0.25) is 5.88 Å². The predicted molar refractivity (Wildman–Crippen MR) is 125 cm³/mol. The molecule has 0 saturated heterocycles. The summed E-state index contributed by atoms with van der Waals surface area (Å²) in [5.41, 5.74) is 3.51. The Labute approximate surface area is 188 Å². The molecule has 3 aromatic carbocycles. The molecular weight excluding hydrogens is 426 g/mol. The molecule has 0 aliphatic rings. The molecular formula is C25H18ClN3O3. The standard InChI is InChI=1S/C25H18ClN3O3/c1-32-19-12-10-15(11-13-19)21-24(30)27-23-20(17-8-5-9-18(26)14-17)22(28-29(23)25(21)31)16-6-3-2-4-7-16/h2-14,27,30H,1H3. The Hall–Kier alpha value is -4.03. The molecule has 2 aromatic heterocycles. The highest BCUT2D eigenvalue weighted by molar-refractivity contribution is 6.30. The maximum atomic E-state index is 13.5. The summed E-state index contributed by atoms with van der Waals surface area (Å²) < 4.78 is 6.48. The second-order valence-electron chi connectivity index (χ2n) is 7.24. The van der Waals surface area contributed by atoms with Crippen molar-refractivity contribution in [3.05, 3.63) is 94.2 Å². The van der Waals surface area contributed by atoms with Crippen LogP contribution < -0.4 is 10.3 Å². The number of aromatic nitrogens is 3. The van der Waals surface area contributed by atoms with Crippen molar-refractivity contribution in [2.24, 2.45) is 0 Å². The summed E-state index contributed by atoms with van der Waals surface area (Å²) in [6, 6.07) is 23.8. The van der Waals surface area contributed by atoms with E-state index in [1.807, 2.05) is 42.5 Å². The first-order valence-corrected chi connectivity index (χ1v) is 10.3. The minimum atomic E-state index is -0.438. The molecule has 5 rings (SSSR count). The molecule has 5 aromatic rings. The predicted octanol–water partition coefficient (Wildman–Crippen LogP) is 5.39. The highest BCUT2D eigenvalue weighted by Gasteiger charge is 2.22. The monoisotopic (exact) mass is 443 g/mol. The van der Waals surface area contributed by atoms with Gasteiger partial charge in [-0.3, -0.25) is 4.79 Å². The van der Waals surface area contributed by atoms with Crippen LogP contribution in [0.5, 0.6) is 11.6 Å². The third-order valence-electron chi connectivity index (χ3n) is 5.30. The Morgan fingerprint density at radius 1 is 0.906 bits per heavy atom. The molecule has 0 spiro atoms. The fourth-order valence-electron chi connectivity index (χ4n) is 3.80. The summed E-state index contributed by atoms with van der Waals surface area (Å²) >= 11 is 6.25. The van der Waals surface area contributed by atoms with Crippen LogP contribution in [0.25, 0.3) is 39.2 Å². The van der Waals surface area contributed by atoms with Crippen LogP contribution in [0.2, 0.25) is 5.02 Å². The molecule has 0 aliphatic heterocycles. The van der Waals surface area contributed by atoms with Crippen LogP contribution >= 0.6 is 11.6 Å². The van der Waals surface area contributed by atoms with E-state index < -0.39 is 5.56 Å². The van der Waals surface area contributed by atoms with Crippen molar-refractivity contribution >= 4 is 17.2 Å². The second-order valence-corrected chi connectivity index (χ2v) is 7.68. The van der Waals surface area contributed by atoms with Crippen molar-refractivity contribution in [2.45, 2.75) is 0 Å². The quantitative estimate of drug-likeness (QED) is 0.390. The molecule has 0 radical (unpaired) electrons. The minimum absolute atomic E-state index is 0.125. The number of hydrogen-bond donors (Lipinski definition) is 2. The number of aromatic amines is 1. The molecule has 32 heavy (non-hydrogen) atoms. The highest BCUT2D eigenvalue weighted by atomic mass is 35.5. The summed E-state index contributed by atoms with van der Waals surface area (Å²) in [5, 5.41) is 16.0. The van der Waals surface area contributed by atoms with E-state index in [4.69, 9.17) is 16.3 Å². The number of aromatic hydroxyl groups is 1. The third-order valence-corrected chi connectivity index (χ3v) is 5.54. The molecule has 158 valence electrons. The van der Waals surface area contributed by atoms with Crippen molar-refractivity contribution in [3.8, 4) is 45.1 Å². The van der Waals surface area contributed by atoms with E-state index >= 15 is 0 Å². The summed E-state index contributed by atoms with van der Waals surface area (Å²) in [4.78, 5) is 16.4. The first-order valence-electron chi connectivity index (χ1n) is 9.90. The molecule has 7 heteroatoms. The maximum Gasteiger partial charge on any atom is 0.286 e.